The van der Waals surface area contributed by atoms with Crippen molar-refractivity contribution in [2.45, 2.75) is 0 Å². The SMILES string of the molecule is O=C(Nc1ccc(N2CCN(C(=O)c3cccs3)CC2)cc1)c1ccc(Cl)cc1. The molecule has 0 unspecified atom stereocenters. The Morgan fingerprint density at radius 2 is 1.59 bits per heavy atom. The number of benzene rings is 2. The van der Waals surface area contributed by atoms with Crippen LogP contribution in [-0.4, -0.2) is 42.9 Å². The Balaban J connectivity index is 1.33. The molecule has 0 aliphatic carbocycles. The number of amides is 2. The van der Waals surface area contributed by atoms with E-state index in [4.69, 9.17) is 11.6 Å². The standard InChI is InChI=1S/C22H20ClN3O2S/c23-17-5-3-16(4-6-17)21(27)24-18-7-9-19(10-8-18)25-11-13-26(14-12-25)22(28)20-2-1-15-29-20/h1-10,15H,11-14H2,(H,24,27). The van der Waals surface area contributed by atoms with Gasteiger partial charge >= 0.3 is 0 Å². The van der Waals surface area contributed by atoms with Crippen LogP contribution >= 0.6 is 22.9 Å². The van der Waals surface area contributed by atoms with Gasteiger partial charge in [-0.2, -0.15) is 0 Å². The third-order valence-corrected chi connectivity index (χ3v) is 6.01. The highest BCUT2D eigenvalue weighted by atomic mass is 35.5. The molecule has 1 N–H and O–H groups in total. The highest BCUT2D eigenvalue weighted by Crippen LogP contribution is 2.21. The molecule has 1 saturated heterocycles. The minimum absolute atomic E-state index is 0.111. The molecule has 2 heterocycles. The van der Waals surface area contributed by atoms with Gasteiger partial charge in [-0.25, -0.2) is 0 Å². The highest BCUT2D eigenvalue weighted by molar-refractivity contribution is 7.12. The minimum Gasteiger partial charge on any atom is -0.368 e. The second-order valence-electron chi connectivity index (χ2n) is 6.76. The lowest BCUT2D eigenvalue weighted by atomic mass is 10.2. The Hall–Kier alpha value is -2.83. The lowest BCUT2D eigenvalue weighted by molar-refractivity contribution is 0.0751. The van der Waals surface area contributed by atoms with E-state index in [0.29, 0.717) is 23.7 Å². The lowest BCUT2D eigenvalue weighted by Crippen LogP contribution is -2.48. The molecule has 148 valence electrons. The van der Waals surface area contributed by atoms with Gasteiger partial charge in [-0.05, 0) is 60.0 Å². The first kappa shape index (κ1) is 19.5. The van der Waals surface area contributed by atoms with E-state index in [2.05, 4.69) is 10.2 Å². The van der Waals surface area contributed by atoms with E-state index in [9.17, 15) is 9.59 Å². The molecule has 4 rings (SSSR count). The van der Waals surface area contributed by atoms with Crippen LogP contribution in [0.1, 0.15) is 20.0 Å². The fourth-order valence-electron chi connectivity index (χ4n) is 3.28. The van der Waals surface area contributed by atoms with E-state index in [1.165, 1.54) is 11.3 Å². The van der Waals surface area contributed by atoms with Crippen molar-refractivity contribution in [1.29, 1.82) is 0 Å². The number of piperazine rings is 1. The fourth-order valence-corrected chi connectivity index (χ4v) is 4.10. The molecule has 0 atom stereocenters. The zero-order valence-corrected chi connectivity index (χ0v) is 17.2. The van der Waals surface area contributed by atoms with Gasteiger partial charge in [-0.15, -0.1) is 11.3 Å². The number of halogens is 1. The summed E-state index contributed by atoms with van der Waals surface area (Å²) in [5.74, 6) is -0.0602. The second-order valence-corrected chi connectivity index (χ2v) is 8.15. The van der Waals surface area contributed by atoms with Gasteiger partial charge in [-0.3, -0.25) is 9.59 Å². The monoisotopic (exact) mass is 425 g/mol. The van der Waals surface area contributed by atoms with Crippen LogP contribution < -0.4 is 10.2 Å². The van der Waals surface area contributed by atoms with Crippen LogP contribution in [0.3, 0.4) is 0 Å². The topological polar surface area (TPSA) is 52.7 Å². The largest absolute Gasteiger partial charge is 0.368 e. The Kier molecular flexibility index (Phi) is 5.83. The summed E-state index contributed by atoms with van der Waals surface area (Å²) < 4.78 is 0. The Labute approximate surface area is 178 Å². The van der Waals surface area contributed by atoms with Crippen molar-refractivity contribution in [3.63, 3.8) is 0 Å². The van der Waals surface area contributed by atoms with Crippen molar-refractivity contribution >= 4 is 46.1 Å². The van der Waals surface area contributed by atoms with Crippen molar-refractivity contribution in [2.24, 2.45) is 0 Å². The van der Waals surface area contributed by atoms with Gasteiger partial charge in [0.1, 0.15) is 0 Å². The molecule has 1 aliphatic heterocycles. The molecule has 0 saturated carbocycles. The molecule has 3 aromatic rings. The van der Waals surface area contributed by atoms with E-state index < -0.39 is 0 Å². The average molecular weight is 426 g/mol. The number of nitrogens with zero attached hydrogens (tertiary/aromatic N) is 2. The lowest BCUT2D eigenvalue weighted by Gasteiger charge is -2.36. The molecule has 1 fully saturated rings. The second kappa shape index (κ2) is 8.68. The van der Waals surface area contributed by atoms with E-state index in [0.717, 1.165) is 29.3 Å². The van der Waals surface area contributed by atoms with Crippen LogP contribution in [0.2, 0.25) is 5.02 Å². The smallest absolute Gasteiger partial charge is 0.264 e. The van der Waals surface area contributed by atoms with Gasteiger partial charge in [0, 0.05) is 48.1 Å². The Morgan fingerprint density at radius 3 is 2.21 bits per heavy atom. The summed E-state index contributed by atoms with van der Waals surface area (Å²) >= 11 is 7.34. The maximum atomic E-state index is 12.5. The van der Waals surface area contributed by atoms with Crippen LogP contribution in [0.25, 0.3) is 0 Å². The maximum Gasteiger partial charge on any atom is 0.264 e. The normalized spacial score (nSPS) is 14.0. The molecule has 0 spiro atoms. The number of hydrogen-bond acceptors (Lipinski definition) is 4. The van der Waals surface area contributed by atoms with Crippen molar-refractivity contribution in [2.75, 3.05) is 36.4 Å². The first-order valence-electron chi connectivity index (χ1n) is 9.35. The highest BCUT2D eigenvalue weighted by Gasteiger charge is 2.22. The van der Waals surface area contributed by atoms with Gasteiger partial charge in [-0.1, -0.05) is 17.7 Å². The molecular weight excluding hydrogens is 406 g/mol. The van der Waals surface area contributed by atoms with Crippen LogP contribution in [0.15, 0.2) is 66.0 Å². The quantitative estimate of drug-likeness (QED) is 0.663. The molecule has 5 nitrogen and oxygen atoms in total. The molecule has 0 radical (unpaired) electrons. The van der Waals surface area contributed by atoms with Crippen LogP contribution in [0.4, 0.5) is 11.4 Å². The number of carbonyl (C=O) groups is 2. The molecule has 2 aromatic carbocycles. The predicted molar refractivity (Wildman–Crippen MR) is 118 cm³/mol. The summed E-state index contributed by atoms with van der Waals surface area (Å²) in [5, 5.41) is 5.42. The third-order valence-electron chi connectivity index (χ3n) is 4.90. The predicted octanol–water partition coefficient (Wildman–Crippen LogP) is 4.62. The van der Waals surface area contributed by atoms with E-state index in [-0.39, 0.29) is 11.8 Å². The summed E-state index contributed by atoms with van der Waals surface area (Å²) in [6.45, 7) is 2.97. The van der Waals surface area contributed by atoms with Gasteiger partial charge in [0.05, 0.1) is 4.88 Å². The zero-order valence-electron chi connectivity index (χ0n) is 15.7. The van der Waals surface area contributed by atoms with Crippen molar-refractivity contribution in [3.8, 4) is 0 Å². The number of nitrogens with one attached hydrogen (secondary N) is 1. The molecule has 1 aromatic heterocycles. The number of carbonyl (C=O) groups excluding carboxylic acids is 2. The van der Waals surface area contributed by atoms with E-state index >= 15 is 0 Å². The molecule has 29 heavy (non-hydrogen) atoms. The van der Waals surface area contributed by atoms with Gasteiger partial charge in [0.25, 0.3) is 11.8 Å². The van der Waals surface area contributed by atoms with Crippen LogP contribution in [-0.2, 0) is 0 Å². The average Bonchev–Trinajstić information content (AvgIpc) is 3.29. The zero-order chi connectivity index (χ0) is 20.2. The first-order valence-corrected chi connectivity index (χ1v) is 10.6. The summed E-state index contributed by atoms with van der Waals surface area (Å²) in [7, 11) is 0. The summed E-state index contributed by atoms with van der Waals surface area (Å²) in [6, 6.07) is 18.3. The molecule has 1 aliphatic rings. The maximum absolute atomic E-state index is 12.5. The molecule has 7 heteroatoms. The molecule has 0 bridgehead atoms. The summed E-state index contributed by atoms with van der Waals surface area (Å²) in [6.07, 6.45) is 0. The Bertz CT molecular complexity index is 980. The van der Waals surface area contributed by atoms with Crippen molar-refractivity contribution < 1.29 is 9.59 Å². The number of hydrogen-bond donors (Lipinski definition) is 1. The van der Waals surface area contributed by atoms with Gasteiger partial charge in [0.2, 0.25) is 0 Å². The molecule has 2 amide bonds. The van der Waals surface area contributed by atoms with Crippen LogP contribution in [0.5, 0.6) is 0 Å². The summed E-state index contributed by atoms with van der Waals surface area (Å²) in [4.78, 5) is 29.7. The Morgan fingerprint density at radius 1 is 0.897 bits per heavy atom. The number of rotatable bonds is 4. The van der Waals surface area contributed by atoms with Crippen molar-refractivity contribution in [3.05, 3.63) is 81.5 Å². The van der Waals surface area contributed by atoms with E-state index in [1.54, 1.807) is 24.3 Å². The first-order chi connectivity index (χ1) is 14.1. The van der Waals surface area contributed by atoms with Gasteiger partial charge < -0.3 is 15.1 Å². The minimum atomic E-state index is -0.171. The third kappa shape index (κ3) is 4.60. The van der Waals surface area contributed by atoms with Crippen LogP contribution in [0, 0.1) is 0 Å². The van der Waals surface area contributed by atoms with E-state index in [1.807, 2.05) is 46.7 Å². The summed E-state index contributed by atoms with van der Waals surface area (Å²) in [5.41, 5.74) is 2.38. The van der Waals surface area contributed by atoms with Crippen molar-refractivity contribution in [1.82, 2.24) is 4.90 Å². The number of anilines is 2. The molecular formula is C22H20ClN3O2S. The number of thiophene rings is 1. The van der Waals surface area contributed by atoms with Gasteiger partial charge in [0.15, 0.2) is 0 Å². The fraction of sp³-hybridized carbons (Fsp3) is 0.182.